The second kappa shape index (κ2) is 8.05. The third kappa shape index (κ3) is 4.07. The number of benzene rings is 3. The van der Waals surface area contributed by atoms with E-state index < -0.39 is 46.6 Å². The van der Waals surface area contributed by atoms with Gasteiger partial charge < -0.3 is 10.6 Å². The van der Waals surface area contributed by atoms with Crippen LogP contribution in [0.1, 0.15) is 15.9 Å². The molecular formula is C20H11F7N2O. The molecule has 3 rings (SSSR count). The number of rotatable bonds is 4. The molecule has 0 saturated carbocycles. The fourth-order valence-corrected chi connectivity index (χ4v) is 2.64. The minimum atomic E-state index is -5.68. The van der Waals surface area contributed by atoms with E-state index in [9.17, 15) is 35.5 Å². The zero-order valence-corrected chi connectivity index (χ0v) is 14.8. The molecule has 0 aliphatic heterocycles. The molecule has 30 heavy (non-hydrogen) atoms. The van der Waals surface area contributed by atoms with Crippen LogP contribution in [0.25, 0.3) is 0 Å². The molecule has 0 unspecified atom stereocenters. The first-order chi connectivity index (χ1) is 14.1. The highest BCUT2D eigenvalue weighted by molar-refractivity contribution is 6.08. The van der Waals surface area contributed by atoms with Crippen molar-refractivity contribution in [3.05, 3.63) is 89.0 Å². The summed E-state index contributed by atoms with van der Waals surface area (Å²) in [6.45, 7) is 0. The van der Waals surface area contributed by atoms with Crippen molar-refractivity contribution in [2.45, 2.75) is 6.18 Å². The van der Waals surface area contributed by atoms with Crippen molar-refractivity contribution in [2.75, 3.05) is 10.6 Å². The zero-order valence-electron chi connectivity index (χ0n) is 14.8. The van der Waals surface area contributed by atoms with Gasteiger partial charge in [-0.15, -0.1) is 0 Å². The van der Waals surface area contributed by atoms with E-state index in [2.05, 4.69) is 5.32 Å². The quantitative estimate of drug-likeness (QED) is 0.381. The van der Waals surface area contributed by atoms with Crippen LogP contribution in [0.5, 0.6) is 0 Å². The lowest BCUT2D eigenvalue weighted by atomic mass is 10.1. The Morgan fingerprint density at radius 1 is 0.733 bits per heavy atom. The number of hydrogen-bond donors (Lipinski definition) is 2. The SMILES string of the molecule is O=C(Nc1c(F)c(F)c(C(F)(F)F)c(F)c1F)c1ccccc1Nc1ccccc1. The van der Waals surface area contributed by atoms with E-state index in [1.807, 2.05) is 0 Å². The normalized spacial score (nSPS) is 11.3. The lowest BCUT2D eigenvalue weighted by molar-refractivity contribution is -0.143. The summed E-state index contributed by atoms with van der Waals surface area (Å²) >= 11 is 0. The van der Waals surface area contributed by atoms with E-state index in [0.29, 0.717) is 5.69 Å². The van der Waals surface area contributed by atoms with Crippen LogP contribution in [0.4, 0.5) is 47.8 Å². The molecule has 156 valence electrons. The highest BCUT2D eigenvalue weighted by atomic mass is 19.4. The van der Waals surface area contributed by atoms with Crippen molar-refractivity contribution in [1.29, 1.82) is 0 Å². The number of carbonyl (C=O) groups excluding carboxylic acids is 1. The molecule has 0 fully saturated rings. The van der Waals surface area contributed by atoms with E-state index in [0.717, 1.165) is 0 Å². The predicted molar refractivity (Wildman–Crippen MR) is 95.4 cm³/mol. The second-order valence-electron chi connectivity index (χ2n) is 5.99. The van der Waals surface area contributed by atoms with E-state index in [1.54, 1.807) is 41.7 Å². The Bertz CT molecular complexity index is 1070. The average molecular weight is 428 g/mol. The van der Waals surface area contributed by atoms with E-state index in [-0.39, 0.29) is 11.3 Å². The lowest BCUT2D eigenvalue weighted by Crippen LogP contribution is -2.20. The van der Waals surface area contributed by atoms with E-state index in [1.165, 1.54) is 18.2 Å². The molecule has 0 spiro atoms. The number of para-hydroxylation sites is 2. The monoisotopic (exact) mass is 428 g/mol. The van der Waals surface area contributed by atoms with Gasteiger partial charge in [0, 0.05) is 5.69 Å². The van der Waals surface area contributed by atoms with Crippen LogP contribution in [0.2, 0.25) is 0 Å². The highest BCUT2D eigenvalue weighted by Gasteiger charge is 2.42. The van der Waals surface area contributed by atoms with Gasteiger partial charge in [-0.05, 0) is 24.3 Å². The van der Waals surface area contributed by atoms with Crippen LogP contribution in [-0.2, 0) is 6.18 Å². The van der Waals surface area contributed by atoms with Crippen molar-refractivity contribution in [3.63, 3.8) is 0 Å². The summed E-state index contributed by atoms with van der Waals surface area (Å²) in [6.07, 6.45) is -5.68. The fraction of sp³-hybridized carbons (Fsp3) is 0.0500. The first-order valence-corrected chi connectivity index (χ1v) is 8.27. The van der Waals surface area contributed by atoms with Gasteiger partial charge in [-0.1, -0.05) is 30.3 Å². The third-order valence-electron chi connectivity index (χ3n) is 4.01. The highest BCUT2D eigenvalue weighted by Crippen LogP contribution is 2.38. The maximum Gasteiger partial charge on any atom is 0.422 e. The molecule has 3 aromatic rings. The molecule has 0 heterocycles. The first-order valence-electron chi connectivity index (χ1n) is 8.27. The molecule has 0 bridgehead atoms. The standard InChI is InChI=1S/C20H11F7N2O/c21-14-13(20(25,26)27)15(22)17(24)18(16(14)23)29-19(30)11-8-4-5-9-12(11)28-10-6-2-1-3-7-10/h1-9,28H,(H,29,30). The molecule has 0 radical (unpaired) electrons. The Balaban J connectivity index is 1.98. The summed E-state index contributed by atoms with van der Waals surface area (Å²) < 4.78 is 93.6. The smallest absolute Gasteiger partial charge is 0.355 e. The minimum absolute atomic E-state index is 0.176. The Morgan fingerprint density at radius 2 is 1.27 bits per heavy atom. The van der Waals surface area contributed by atoms with E-state index >= 15 is 0 Å². The summed E-state index contributed by atoms with van der Waals surface area (Å²) in [7, 11) is 0. The van der Waals surface area contributed by atoms with Crippen LogP contribution in [-0.4, -0.2) is 5.91 Å². The molecular weight excluding hydrogens is 417 g/mol. The summed E-state index contributed by atoms with van der Waals surface area (Å²) in [5.74, 6) is -11.3. The lowest BCUT2D eigenvalue weighted by Gasteiger charge is -2.16. The van der Waals surface area contributed by atoms with Gasteiger partial charge in [0.05, 0.1) is 11.3 Å². The molecule has 0 aliphatic carbocycles. The Labute approximate surface area is 165 Å². The third-order valence-corrected chi connectivity index (χ3v) is 4.01. The van der Waals surface area contributed by atoms with Gasteiger partial charge in [-0.25, -0.2) is 17.6 Å². The number of anilines is 3. The number of hydrogen-bond acceptors (Lipinski definition) is 2. The molecule has 0 aromatic heterocycles. The summed E-state index contributed by atoms with van der Waals surface area (Å²) in [4.78, 5) is 12.5. The topological polar surface area (TPSA) is 41.1 Å². The molecule has 3 nitrogen and oxygen atoms in total. The van der Waals surface area contributed by atoms with Gasteiger partial charge in [0.1, 0.15) is 11.3 Å². The predicted octanol–water partition coefficient (Wildman–Crippen LogP) is 6.26. The number of halogens is 7. The van der Waals surface area contributed by atoms with E-state index in [4.69, 9.17) is 0 Å². The summed E-state index contributed by atoms with van der Waals surface area (Å²) in [5, 5.41) is 4.48. The number of alkyl halides is 3. The Morgan fingerprint density at radius 3 is 1.83 bits per heavy atom. The van der Waals surface area contributed by atoms with Gasteiger partial charge in [-0.3, -0.25) is 4.79 Å². The van der Waals surface area contributed by atoms with Crippen LogP contribution < -0.4 is 10.6 Å². The van der Waals surface area contributed by atoms with Crippen LogP contribution >= 0.6 is 0 Å². The molecule has 0 aliphatic rings. The number of nitrogens with one attached hydrogen (secondary N) is 2. The number of carbonyl (C=O) groups is 1. The molecule has 10 heteroatoms. The minimum Gasteiger partial charge on any atom is -0.355 e. The van der Waals surface area contributed by atoms with Gasteiger partial charge in [0.25, 0.3) is 5.91 Å². The Kier molecular flexibility index (Phi) is 5.68. The van der Waals surface area contributed by atoms with Crippen molar-refractivity contribution in [1.82, 2.24) is 0 Å². The Hall–Kier alpha value is -3.56. The average Bonchev–Trinajstić information content (AvgIpc) is 2.70. The van der Waals surface area contributed by atoms with Gasteiger partial charge in [0.15, 0.2) is 23.3 Å². The van der Waals surface area contributed by atoms with Crippen LogP contribution in [0, 0.1) is 23.3 Å². The molecule has 3 aromatic carbocycles. The molecule has 2 N–H and O–H groups in total. The van der Waals surface area contributed by atoms with Crippen molar-refractivity contribution < 1.29 is 35.5 Å². The fourth-order valence-electron chi connectivity index (χ4n) is 2.64. The van der Waals surface area contributed by atoms with Gasteiger partial charge >= 0.3 is 6.18 Å². The summed E-state index contributed by atoms with van der Waals surface area (Å²) in [5.41, 5.74) is -3.84. The van der Waals surface area contributed by atoms with Crippen molar-refractivity contribution in [3.8, 4) is 0 Å². The summed E-state index contributed by atoms with van der Waals surface area (Å²) in [6, 6.07) is 14.1. The van der Waals surface area contributed by atoms with Crippen molar-refractivity contribution in [2.24, 2.45) is 0 Å². The van der Waals surface area contributed by atoms with Crippen LogP contribution in [0.3, 0.4) is 0 Å². The zero-order chi connectivity index (χ0) is 22.1. The van der Waals surface area contributed by atoms with Gasteiger partial charge in [0.2, 0.25) is 0 Å². The first kappa shape index (κ1) is 21.2. The molecule has 0 saturated heterocycles. The van der Waals surface area contributed by atoms with Gasteiger partial charge in [-0.2, -0.15) is 13.2 Å². The molecule has 1 amide bonds. The second-order valence-corrected chi connectivity index (χ2v) is 5.99. The maximum atomic E-state index is 14.0. The largest absolute Gasteiger partial charge is 0.422 e. The van der Waals surface area contributed by atoms with Crippen molar-refractivity contribution >= 4 is 23.0 Å². The number of amides is 1. The maximum absolute atomic E-state index is 14.0. The van der Waals surface area contributed by atoms with Crippen LogP contribution in [0.15, 0.2) is 54.6 Å². The molecule has 0 atom stereocenters.